The number of hydrogen-bond acceptors (Lipinski definition) is 1. The van der Waals surface area contributed by atoms with Gasteiger partial charge < -0.3 is 4.90 Å². The quantitative estimate of drug-likeness (QED) is 0.802. The number of benzene rings is 1. The molecule has 1 amide bonds. The standard InChI is InChI=1S/C15H20FNO/c1-3-14-13(9-16)10-17(15(14)18)11(2)12-7-5-4-6-8-12/h4-8,11,13-14H,3,9-10H2,1-2H3/t11-,13-,14+/m1/s1. The Morgan fingerprint density at radius 1 is 1.39 bits per heavy atom. The SMILES string of the molecule is CC[C@@H]1C(=O)N([C@H](C)c2ccccc2)C[C@H]1CF. The second-order valence-electron chi connectivity index (χ2n) is 5.01. The minimum absolute atomic E-state index is 0.0318. The van der Waals surface area contributed by atoms with E-state index in [0.717, 1.165) is 12.0 Å². The minimum Gasteiger partial charge on any atom is -0.335 e. The van der Waals surface area contributed by atoms with Crippen molar-refractivity contribution >= 4 is 5.91 Å². The molecule has 2 nitrogen and oxygen atoms in total. The highest BCUT2D eigenvalue weighted by Crippen LogP contribution is 2.33. The van der Waals surface area contributed by atoms with Crippen molar-refractivity contribution in [1.29, 1.82) is 0 Å². The fourth-order valence-electron chi connectivity index (χ4n) is 2.81. The number of halogens is 1. The first kappa shape index (κ1) is 13.1. The summed E-state index contributed by atoms with van der Waals surface area (Å²) in [6.07, 6.45) is 0.728. The summed E-state index contributed by atoms with van der Waals surface area (Å²) in [6, 6.07) is 9.96. The molecule has 1 fully saturated rings. The summed E-state index contributed by atoms with van der Waals surface area (Å²) in [5.41, 5.74) is 1.11. The zero-order valence-corrected chi connectivity index (χ0v) is 11.0. The van der Waals surface area contributed by atoms with Gasteiger partial charge in [0.25, 0.3) is 0 Å². The van der Waals surface area contributed by atoms with Crippen LogP contribution in [0.3, 0.4) is 0 Å². The van der Waals surface area contributed by atoms with Gasteiger partial charge in [-0.05, 0) is 18.9 Å². The molecule has 0 aromatic heterocycles. The van der Waals surface area contributed by atoms with Crippen LogP contribution in [0.1, 0.15) is 31.9 Å². The first-order valence-electron chi connectivity index (χ1n) is 6.60. The van der Waals surface area contributed by atoms with Gasteiger partial charge in [-0.3, -0.25) is 9.18 Å². The predicted octanol–water partition coefficient (Wildman–Crippen LogP) is 3.20. The normalized spacial score (nSPS) is 25.5. The molecular weight excluding hydrogens is 229 g/mol. The molecule has 1 aromatic rings. The van der Waals surface area contributed by atoms with Gasteiger partial charge in [0.15, 0.2) is 0 Å². The highest BCUT2D eigenvalue weighted by atomic mass is 19.1. The van der Waals surface area contributed by atoms with E-state index in [1.807, 2.05) is 49.1 Å². The van der Waals surface area contributed by atoms with Crippen LogP contribution in [0.25, 0.3) is 0 Å². The average Bonchev–Trinajstić information content (AvgIpc) is 2.75. The summed E-state index contributed by atoms with van der Waals surface area (Å²) < 4.78 is 13.0. The van der Waals surface area contributed by atoms with Gasteiger partial charge in [-0.1, -0.05) is 37.3 Å². The zero-order valence-electron chi connectivity index (χ0n) is 11.0. The van der Waals surface area contributed by atoms with E-state index in [4.69, 9.17) is 0 Å². The average molecular weight is 249 g/mol. The molecule has 2 rings (SSSR count). The fourth-order valence-corrected chi connectivity index (χ4v) is 2.81. The zero-order chi connectivity index (χ0) is 13.1. The lowest BCUT2D eigenvalue weighted by Gasteiger charge is -2.25. The molecule has 0 unspecified atom stereocenters. The van der Waals surface area contributed by atoms with E-state index in [0.29, 0.717) is 6.54 Å². The van der Waals surface area contributed by atoms with E-state index >= 15 is 0 Å². The molecule has 18 heavy (non-hydrogen) atoms. The van der Waals surface area contributed by atoms with Gasteiger partial charge in [-0.25, -0.2) is 0 Å². The number of carbonyl (C=O) groups is 1. The predicted molar refractivity (Wildman–Crippen MR) is 69.8 cm³/mol. The van der Waals surface area contributed by atoms with E-state index in [-0.39, 0.29) is 23.8 Å². The topological polar surface area (TPSA) is 20.3 Å². The summed E-state index contributed by atoms with van der Waals surface area (Å²) in [4.78, 5) is 14.1. The molecule has 3 heteroatoms. The Morgan fingerprint density at radius 2 is 2.06 bits per heavy atom. The summed E-state index contributed by atoms with van der Waals surface area (Å²) in [5, 5.41) is 0. The van der Waals surface area contributed by atoms with Crippen molar-refractivity contribution in [3.05, 3.63) is 35.9 Å². The number of alkyl halides is 1. The van der Waals surface area contributed by atoms with E-state index in [1.165, 1.54) is 0 Å². The Morgan fingerprint density at radius 3 is 2.56 bits per heavy atom. The third kappa shape index (κ3) is 2.26. The molecule has 1 heterocycles. The van der Waals surface area contributed by atoms with Crippen molar-refractivity contribution < 1.29 is 9.18 Å². The molecule has 1 aromatic carbocycles. The highest BCUT2D eigenvalue weighted by Gasteiger charge is 2.41. The van der Waals surface area contributed by atoms with Crippen LogP contribution in [-0.4, -0.2) is 24.0 Å². The molecule has 98 valence electrons. The van der Waals surface area contributed by atoms with Crippen molar-refractivity contribution in [3.8, 4) is 0 Å². The van der Waals surface area contributed by atoms with E-state index in [2.05, 4.69) is 0 Å². The van der Waals surface area contributed by atoms with Crippen LogP contribution >= 0.6 is 0 Å². The lowest BCUT2D eigenvalue weighted by atomic mass is 9.94. The first-order chi connectivity index (χ1) is 8.69. The Bertz CT molecular complexity index is 406. The maximum atomic E-state index is 13.0. The van der Waals surface area contributed by atoms with Crippen LogP contribution in [-0.2, 0) is 4.79 Å². The van der Waals surface area contributed by atoms with Crippen LogP contribution < -0.4 is 0 Å². The molecule has 1 saturated heterocycles. The van der Waals surface area contributed by atoms with E-state index in [1.54, 1.807) is 0 Å². The van der Waals surface area contributed by atoms with Gasteiger partial charge in [0.05, 0.1) is 12.7 Å². The van der Waals surface area contributed by atoms with Crippen molar-refractivity contribution in [2.45, 2.75) is 26.3 Å². The Labute approximate surface area is 108 Å². The number of rotatable bonds is 4. The number of likely N-dealkylation sites (tertiary alicyclic amines) is 1. The van der Waals surface area contributed by atoms with Crippen molar-refractivity contribution in [1.82, 2.24) is 4.90 Å². The number of carbonyl (C=O) groups excluding carboxylic acids is 1. The van der Waals surface area contributed by atoms with Crippen LogP contribution in [0, 0.1) is 11.8 Å². The Balaban J connectivity index is 2.17. The van der Waals surface area contributed by atoms with E-state index in [9.17, 15) is 9.18 Å². The van der Waals surface area contributed by atoms with Gasteiger partial charge in [0, 0.05) is 18.4 Å². The maximum Gasteiger partial charge on any atom is 0.226 e. The van der Waals surface area contributed by atoms with Gasteiger partial charge in [-0.15, -0.1) is 0 Å². The summed E-state index contributed by atoms with van der Waals surface area (Å²) in [5.74, 6) is -0.161. The number of nitrogens with zero attached hydrogens (tertiary/aromatic N) is 1. The van der Waals surface area contributed by atoms with Crippen LogP contribution in [0.2, 0.25) is 0 Å². The number of amides is 1. The van der Waals surface area contributed by atoms with Crippen LogP contribution in [0.15, 0.2) is 30.3 Å². The molecule has 0 spiro atoms. The highest BCUT2D eigenvalue weighted by molar-refractivity contribution is 5.81. The smallest absolute Gasteiger partial charge is 0.226 e. The molecule has 0 N–H and O–H groups in total. The lowest BCUT2D eigenvalue weighted by Crippen LogP contribution is -2.30. The summed E-state index contributed by atoms with van der Waals surface area (Å²) in [6.45, 7) is 4.12. The third-order valence-corrected chi connectivity index (χ3v) is 3.99. The summed E-state index contributed by atoms with van der Waals surface area (Å²) in [7, 11) is 0. The van der Waals surface area contributed by atoms with Crippen molar-refractivity contribution in [3.63, 3.8) is 0 Å². The van der Waals surface area contributed by atoms with Crippen molar-refractivity contribution in [2.75, 3.05) is 13.2 Å². The molecule has 1 aliphatic rings. The first-order valence-corrected chi connectivity index (χ1v) is 6.60. The molecule has 0 bridgehead atoms. The van der Waals surface area contributed by atoms with Crippen LogP contribution in [0.4, 0.5) is 4.39 Å². The van der Waals surface area contributed by atoms with Gasteiger partial charge in [0.2, 0.25) is 5.91 Å². The molecular formula is C15H20FNO. The third-order valence-electron chi connectivity index (χ3n) is 3.99. The van der Waals surface area contributed by atoms with Gasteiger partial charge in [-0.2, -0.15) is 0 Å². The molecule has 1 aliphatic heterocycles. The fraction of sp³-hybridized carbons (Fsp3) is 0.533. The molecule has 0 radical (unpaired) electrons. The monoisotopic (exact) mass is 249 g/mol. The second kappa shape index (κ2) is 5.51. The maximum absolute atomic E-state index is 13.0. The van der Waals surface area contributed by atoms with Gasteiger partial charge in [0.1, 0.15) is 0 Å². The van der Waals surface area contributed by atoms with Gasteiger partial charge >= 0.3 is 0 Å². The largest absolute Gasteiger partial charge is 0.335 e. The molecule has 0 aliphatic carbocycles. The minimum atomic E-state index is -0.401. The second-order valence-corrected chi connectivity index (χ2v) is 5.01. The van der Waals surface area contributed by atoms with Crippen molar-refractivity contribution in [2.24, 2.45) is 11.8 Å². The lowest BCUT2D eigenvalue weighted by molar-refractivity contribution is -0.133. The molecule has 0 saturated carbocycles. The molecule has 3 atom stereocenters. The van der Waals surface area contributed by atoms with Crippen LogP contribution in [0.5, 0.6) is 0 Å². The number of hydrogen-bond donors (Lipinski definition) is 0. The van der Waals surface area contributed by atoms with E-state index < -0.39 is 6.67 Å². The Hall–Kier alpha value is -1.38. The Kier molecular flexibility index (Phi) is 4.00. The summed E-state index contributed by atoms with van der Waals surface area (Å²) >= 11 is 0.